The van der Waals surface area contributed by atoms with E-state index in [1.165, 1.54) is 52.1 Å². The molecule has 1 unspecified atom stereocenters. The number of halogens is 5. The fourth-order valence-corrected chi connectivity index (χ4v) is 6.92. The maximum atomic E-state index is 14.3. The van der Waals surface area contributed by atoms with E-state index < -0.39 is 35.5 Å². The molecule has 0 bridgehead atoms. The number of rotatable bonds is 8. The summed E-state index contributed by atoms with van der Waals surface area (Å²) in [6.07, 6.45) is -2.15. The number of likely N-dealkylation sites (tertiary alicyclic amines) is 1. The number of alkyl halides is 3. The van der Waals surface area contributed by atoms with Gasteiger partial charge in [0.2, 0.25) is 17.7 Å². The Morgan fingerprint density at radius 1 is 1.16 bits per heavy atom. The van der Waals surface area contributed by atoms with Crippen molar-refractivity contribution < 1.29 is 37.4 Å². The quantitative estimate of drug-likeness (QED) is 0.213. The van der Waals surface area contributed by atoms with E-state index >= 15 is 0 Å². The molecule has 6 rings (SSSR count). The number of piperidine rings is 1. The van der Waals surface area contributed by atoms with Gasteiger partial charge in [-0.3, -0.25) is 24.0 Å². The molecule has 17 heteroatoms. The number of H-pyrrole nitrogens is 1. The number of aromatic hydroxyl groups is 1. The fraction of sp³-hybridized carbons (Fsp3) is 0.344. The van der Waals surface area contributed by atoms with Gasteiger partial charge >= 0.3 is 6.36 Å². The largest absolute Gasteiger partial charge is 0.573 e. The van der Waals surface area contributed by atoms with Crippen LogP contribution in [0, 0.1) is 0 Å². The van der Waals surface area contributed by atoms with Crippen LogP contribution in [-0.4, -0.2) is 73.0 Å². The Morgan fingerprint density at radius 2 is 1.86 bits per heavy atom. The molecule has 0 spiro atoms. The van der Waals surface area contributed by atoms with Gasteiger partial charge in [-0.2, -0.15) is 0 Å². The van der Waals surface area contributed by atoms with E-state index in [1.807, 2.05) is 0 Å². The highest BCUT2D eigenvalue weighted by Gasteiger charge is 2.51. The smallest absolute Gasteiger partial charge is 0.492 e. The van der Waals surface area contributed by atoms with Crippen molar-refractivity contribution in [1.82, 2.24) is 30.0 Å². The third-order valence-electron chi connectivity index (χ3n) is 8.62. The monoisotopic (exact) mass is 719 g/mol. The van der Waals surface area contributed by atoms with Crippen LogP contribution in [0.5, 0.6) is 11.6 Å². The first kappa shape index (κ1) is 34.1. The molecule has 3 N–H and O–H groups in total. The molecule has 49 heavy (non-hydrogen) atoms. The zero-order valence-corrected chi connectivity index (χ0v) is 27.6. The van der Waals surface area contributed by atoms with Crippen LogP contribution in [0.1, 0.15) is 54.4 Å². The van der Waals surface area contributed by atoms with Crippen molar-refractivity contribution in [2.75, 3.05) is 18.0 Å². The van der Waals surface area contributed by atoms with Crippen molar-refractivity contribution in [2.24, 2.45) is 0 Å². The maximum Gasteiger partial charge on any atom is 0.573 e. The topological polar surface area (TPSA) is 146 Å². The van der Waals surface area contributed by atoms with Gasteiger partial charge in [0, 0.05) is 47.2 Å². The van der Waals surface area contributed by atoms with Gasteiger partial charge < -0.3 is 20.1 Å². The molecule has 258 valence electrons. The lowest BCUT2D eigenvalue weighted by atomic mass is 9.91. The predicted molar refractivity (Wildman–Crippen MR) is 172 cm³/mol. The highest BCUT2D eigenvalue weighted by atomic mass is 35.5. The van der Waals surface area contributed by atoms with Crippen molar-refractivity contribution in [2.45, 2.75) is 57.0 Å². The minimum atomic E-state index is -4.88. The molecule has 0 aliphatic carbocycles. The van der Waals surface area contributed by atoms with Crippen LogP contribution < -0.4 is 15.0 Å². The van der Waals surface area contributed by atoms with E-state index in [-0.39, 0.29) is 51.5 Å². The number of hydrogen-bond donors (Lipinski definition) is 3. The number of carbonyl (C=O) groups is 3. The number of nitrogens with one attached hydrogen (secondary N) is 2. The van der Waals surface area contributed by atoms with Crippen LogP contribution >= 0.6 is 23.2 Å². The summed E-state index contributed by atoms with van der Waals surface area (Å²) in [6, 6.07) is 10.1. The van der Waals surface area contributed by atoms with Gasteiger partial charge in [-0.25, -0.2) is 9.88 Å². The number of amides is 3. The summed E-state index contributed by atoms with van der Waals surface area (Å²) in [5.41, 5.74) is -0.0760. The molecule has 2 aromatic heterocycles. The second-order valence-corrected chi connectivity index (χ2v) is 13.1. The van der Waals surface area contributed by atoms with E-state index in [1.54, 1.807) is 18.7 Å². The minimum Gasteiger partial charge on any atom is -0.492 e. The molecule has 4 heterocycles. The Kier molecular flexibility index (Phi) is 9.00. The summed E-state index contributed by atoms with van der Waals surface area (Å²) in [4.78, 5) is 49.0. The molecule has 2 aliphatic heterocycles. The average molecular weight is 721 g/mol. The Balaban J connectivity index is 1.28. The van der Waals surface area contributed by atoms with E-state index in [0.29, 0.717) is 30.8 Å². The number of nitrogens with zero attached hydrogens (tertiary/aromatic N) is 5. The van der Waals surface area contributed by atoms with Gasteiger partial charge in [0.15, 0.2) is 0 Å². The lowest BCUT2D eigenvalue weighted by Gasteiger charge is -2.34. The van der Waals surface area contributed by atoms with Crippen molar-refractivity contribution in [3.63, 3.8) is 0 Å². The number of imidazole rings is 1. The van der Waals surface area contributed by atoms with Gasteiger partial charge in [-0.15, -0.1) is 18.3 Å². The first-order valence-corrected chi connectivity index (χ1v) is 16.0. The molecular weight excluding hydrogens is 690 g/mol. The number of anilines is 2. The number of aromatic nitrogens is 4. The number of hydrogen-bond acceptors (Lipinski definition) is 7. The van der Waals surface area contributed by atoms with Gasteiger partial charge in [-0.1, -0.05) is 35.3 Å². The summed E-state index contributed by atoms with van der Waals surface area (Å²) in [6.45, 7) is 3.98. The van der Waals surface area contributed by atoms with Crippen LogP contribution in [0.25, 0.3) is 0 Å². The third kappa shape index (κ3) is 6.90. The Labute approximate surface area is 287 Å². The molecule has 4 aromatic rings. The molecule has 0 saturated carbocycles. The van der Waals surface area contributed by atoms with E-state index in [9.17, 15) is 32.7 Å². The lowest BCUT2D eigenvalue weighted by molar-refractivity contribution is -0.274. The van der Waals surface area contributed by atoms with Gasteiger partial charge in [0.05, 0.1) is 11.9 Å². The molecule has 1 saturated heterocycles. The number of carbonyl (C=O) groups excluding carboxylic acids is 3. The molecule has 0 radical (unpaired) electrons. The van der Waals surface area contributed by atoms with E-state index in [2.05, 4.69) is 25.2 Å². The van der Waals surface area contributed by atoms with Crippen molar-refractivity contribution >= 4 is 52.6 Å². The van der Waals surface area contributed by atoms with Crippen molar-refractivity contribution in [3.8, 4) is 11.6 Å². The first-order chi connectivity index (χ1) is 23.1. The molecule has 2 aliphatic rings. The van der Waals surface area contributed by atoms with E-state index in [4.69, 9.17) is 23.2 Å². The van der Waals surface area contributed by atoms with Crippen molar-refractivity contribution in [1.29, 1.82) is 0 Å². The Hall–Kier alpha value is -4.76. The van der Waals surface area contributed by atoms with Crippen LogP contribution in [0.4, 0.5) is 24.8 Å². The summed E-state index contributed by atoms with van der Waals surface area (Å²) in [5.74, 6) is -2.07. The van der Waals surface area contributed by atoms with Crippen molar-refractivity contribution in [3.05, 3.63) is 81.7 Å². The van der Waals surface area contributed by atoms with Gasteiger partial charge in [0.1, 0.15) is 23.0 Å². The molecule has 2 aromatic carbocycles. The summed E-state index contributed by atoms with van der Waals surface area (Å²) < 4.78 is 43.7. The molecular formula is C32H30Cl2F3N7O5. The fourth-order valence-electron chi connectivity index (χ4n) is 6.41. The highest BCUT2D eigenvalue weighted by molar-refractivity contribution is 6.35. The number of fused-ring (bicyclic) bond motifs is 1. The standard InChI is InChI=1S/C32H30Cl2F3N7O5/c1-17(28(47)42-9-3-4-19(16-42)24-13-26(45)41-40-24)39-27(46)25-15-38-30-43(22-11-20(33)10-21(34)12-22)29(48)31(2,44(25)30)14-18-5-7-23(8-6-18)49-32(35,36)37/h5-8,10-13,15,17,19H,3-4,9,14,16H2,1-2H3,(H,39,46)(H2,40,41,45)/t17?,19-,31-/m1/s1. The number of benzene rings is 2. The summed E-state index contributed by atoms with van der Waals surface area (Å²) in [5, 5.41) is 19.4. The zero-order chi connectivity index (χ0) is 35.2. The second kappa shape index (κ2) is 12.9. The second-order valence-electron chi connectivity index (χ2n) is 12.2. The van der Waals surface area contributed by atoms with Crippen LogP contribution in [0.2, 0.25) is 10.0 Å². The molecule has 3 amide bonds. The molecule has 1 fully saturated rings. The summed E-state index contributed by atoms with van der Waals surface area (Å²) >= 11 is 12.5. The highest BCUT2D eigenvalue weighted by Crippen LogP contribution is 2.43. The van der Waals surface area contributed by atoms with Gasteiger partial charge in [-0.05, 0) is 62.6 Å². The number of aromatic amines is 1. The zero-order valence-electron chi connectivity index (χ0n) is 26.1. The minimum absolute atomic E-state index is 0.0254. The van der Waals surface area contributed by atoms with Crippen LogP contribution in [0.3, 0.4) is 0 Å². The first-order valence-electron chi connectivity index (χ1n) is 15.2. The third-order valence-corrected chi connectivity index (χ3v) is 9.06. The SMILES string of the molecule is CC(NC(=O)c1cnc2n1[C@](C)(Cc1ccc(OC(F)(F)F)cc1)C(=O)N2c1cc(Cl)cc(Cl)c1)C(=O)N1CCC[C@@H](c2cc(O)n[nH]2)C1. The Morgan fingerprint density at radius 3 is 2.49 bits per heavy atom. The number of ether oxygens (including phenoxy) is 1. The summed E-state index contributed by atoms with van der Waals surface area (Å²) in [7, 11) is 0. The maximum absolute atomic E-state index is 14.3. The normalized spacial score (nSPS) is 19.9. The molecule has 3 atom stereocenters. The Bertz CT molecular complexity index is 1890. The van der Waals surface area contributed by atoms with E-state index in [0.717, 1.165) is 18.6 Å². The lowest BCUT2D eigenvalue weighted by Crippen LogP contribution is -2.50. The average Bonchev–Trinajstić information content (AvgIpc) is 3.72. The predicted octanol–water partition coefficient (Wildman–Crippen LogP) is 5.68. The van der Waals surface area contributed by atoms with Crippen LogP contribution in [-0.2, 0) is 21.5 Å². The molecule has 12 nitrogen and oxygen atoms in total. The van der Waals surface area contributed by atoms with Gasteiger partial charge in [0.25, 0.3) is 11.8 Å². The van der Waals surface area contributed by atoms with Crippen LogP contribution in [0.15, 0.2) is 54.7 Å².